The topological polar surface area (TPSA) is 50.8 Å². The van der Waals surface area contributed by atoms with Crippen molar-refractivity contribution in [3.8, 4) is 5.75 Å². The van der Waals surface area contributed by atoms with Crippen molar-refractivity contribution in [1.82, 2.24) is 15.2 Å². The zero-order valence-corrected chi connectivity index (χ0v) is 11.9. The Morgan fingerprint density at radius 3 is 2.90 bits per heavy atom. The molecular weight excluding hydrogens is 250 g/mol. The smallest absolute Gasteiger partial charge is 0.153 e. The zero-order valence-electron chi connectivity index (χ0n) is 11.9. The van der Waals surface area contributed by atoms with Gasteiger partial charge < -0.3 is 4.74 Å². The number of aromatic nitrogens is 3. The molecule has 0 unspecified atom stereocenters. The fourth-order valence-electron chi connectivity index (χ4n) is 2.91. The molecule has 4 nitrogen and oxygen atoms in total. The number of hydrogen-bond acceptors (Lipinski definition) is 3. The highest BCUT2D eigenvalue weighted by Crippen LogP contribution is 2.30. The SMILES string of the molecule is COc1cccc(Cc2nc(C3CCCCC3)n[nH]2)c1. The molecule has 0 spiro atoms. The van der Waals surface area contributed by atoms with Crippen molar-refractivity contribution < 1.29 is 4.74 Å². The van der Waals surface area contributed by atoms with Gasteiger partial charge in [-0.3, -0.25) is 5.10 Å². The first-order valence-electron chi connectivity index (χ1n) is 7.39. The normalized spacial score (nSPS) is 16.2. The second kappa shape index (κ2) is 6.07. The van der Waals surface area contributed by atoms with E-state index in [1.165, 1.54) is 37.7 Å². The van der Waals surface area contributed by atoms with Gasteiger partial charge in [-0.2, -0.15) is 5.10 Å². The number of nitrogens with one attached hydrogen (secondary N) is 1. The van der Waals surface area contributed by atoms with Crippen molar-refractivity contribution in [2.45, 2.75) is 44.4 Å². The minimum atomic E-state index is 0.555. The lowest BCUT2D eigenvalue weighted by Crippen LogP contribution is -2.06. The summed E-state index contributed by atoms with van der Waals surface area (Å²) in [7, 11) is 1.69. The highest BCUT2D eigenvalue weighted by molar-refractivity contribution is 5.30. The standard InChI is InChI=1S/C16H21N3O/c1-20-14-9-5-6-12(10-14)11-15-17-16(19-18-15)13-7-3-2-4-8-13/h5-6,9-10,13H,2-4,7-8,11H2,1H3,(H,17,18,19). The van der Waals surface area contributed by atoms with Crippen molar-refractivity contribution >= 4 is 0 Å². The van der Waals surface area contributed by atoms with Crippen LogP contribution < -0.4 is 4.74 Å². The predicted molar refractivity (Wildman–Crippen MR) is 78.0 cm³/mol. The first-order chi connectivity index (χ1) is 9.85. The molecule has 1 N–H and O–H groups in total. The van der Waals surface area contributed by atoms with E-state index >= 15 is 0 Å². The lowest BCUT2D eigenvalue weighted by molar-refractivity contribution is 0.414. The Labute approximate surface area is 119 Å². The number of rotatable bonds is 4. The van der Waals surface area contributed by atoms with E-state index in [9.17, 15) is 0 Å². The van der Waals surface area contributed by atoms with Gasteiger partial charge in [0.05, 0.1) is 7.11 Å². The summed E-state index contributed by atoms with van der Waals surface area (Å²) >= 11 is 0. The molecule has 1 aliphatic rings. The van der Waals surface area contributed by atoms with Crippen LogP contribution in [0.25, 0.3) is 0 Å². The summed E-state index contributed by atoms with van der Waals surface area (Å²) in [6.07, 6.45) is 7.22. The molecule has 1 fully saturated rings. The van der Waals surface area contributed by atoms with Gasteiger partial charge >= 0.3 is 0 Å². The molecule has 20 heavy (non-hydrogen) atoms. The Hall–Kier alpha value is -1.84. The van der Waals surface area contributed by atoms with E-state index in [0.29, 0.717) is 5.92 Å². The molecule has 1 saturated carbocycles. The van der Waals surface area contributed by atoms with E-state index in [1.54, 1.807) is 7.11 Å². The summed E-state index contributed by atoms with van der Waals surface area (Å²) in [5.41, 5.74) is 1.19. The van der Waals surface area contributed by atoms with Crippen molar-refractivity contribution in [1.29, 1.82) is 0 Å². The number of ether oxygens (including phenoxy) is 1. The molecule has 3 rings (SSSR count). The van der Waals surface area contributed by atoms with Gasteiger partial charge in [0.2, 0.25) is 0 Å². The van der Waals surface area contributed by atoms with Crippen LogP contribution in [-0.4, -0.2) is 22.3 Å². The van der Waals surface area contributed by atoms with Gasteiger partial charge in [-0.1, -0.05) is 31.4 Å². The number of H-pyrrole nitrogens is 1. The summed E-state index contributed by atoms with van der Waals surface area (Å²) in [6.45, 7) is 0. The lowest BCUT2D eigenvalue weighted by Gasteiger charge is -2.18. The first-order valence-corrected chi connectivity index (χ1v) is 7.39. The molecule has 0 aliphatic heterocycles. The molecular formula is C16H21N3O. The van der Waals surface area contributed by atoms with E-state index in [4.69, 9.17) is 4.74 Å². The number of methoxy groups -OCH3 is 1. The van der Waals surface area contributed by atoms with Crippen molar-refractivity contribution in [3.63, 3.8) is 0 Å². The van der Waals surface area contributed by atoms with Gasteiger partial charge in [0.25, 0.3) is 0 Å². The fraction of sp³-hybridized carbons (Fsp3) is 0.500. The maximum atomic E-state index is 5.25. The Balaban J connectivity index is 1.70. The average Bonchev–Trinajstić information content (AvgIpc) is 2.97. The zero-order chi connectivity index (χ0) is 13.8. The third-order valence-electron chi connectivity index (χ3n) is 4.03. The Morgan fingerprint density at radius 1 is 1.25 bits per heavy atom. The summed E-state index contributed by atoms with van der Waals surface area (Å²) in [5, 5.41) is 7.50. The van der Waals surface area contributed by atoms with Gasteiger partial charge in [0, 0.05) is 12.3 Å². The van der Waals surface area contributed by atoms with Crippen LogP contribution in [0.5, 0.6) is 5.75 Å². The minimum Gasteiger partial charge on any atom is -0.497 e. The van der Waals surface area contributed by atoms with Crippen LogP contribution in [0.4, 0.5) is 0 Å². The van der Waals surface area contributed by atoms with Crippen molar-refractivity contribution in [3.05, 3.63) is 41.5 Å². The quantitative estimate of drug-likeness (QED) is 0.926. The van der Waals surface area contributed by atoms with E-state index in [-0.39, 0.29) is 0 Å². The molecule has 0 radical (unpaired) electrons. The predicted octanol–water partition coefficient (Wildman–Crippen LogP) is 3.45. The summed E-state index contributed by atoms with van der Waals surface area (Å²) in [4.78, 5) is 4.68. The van der Waals surface area contributed by atoms with Crippen molar-refractivity contribution in [2.24, 2.45) is 0 Å². The van der Waals surface area contributed by atoms with Crippen LogP contribution in [0, 0.1) is 0 Å². The van der Waals surface area contributed by atoms with Crippen LogP contribution in [0.1, 0.15) is 55.2 Å². The first kappa shape index (κ1) is 13.2. The molecule has 106 valence electrons. The van der Waals surface area contributed by atoms with Crippen LogP contribution in [0.15, 0.2) is 24.3 Å². The van der Waals surface area contributed by atoms with Crippen LogP contribution in [-0.2, 0) is 6.42 Å². The Kier molecular flexibility index (Phi) is 4.00. The maximum absolute atomic E-state index is 5.25. The van der Waals surface area contributed by atoms with Crippen LogP contribution in [0.2, 0.25) is 0 Å². The van der Waals surface area contributed by atoms with E-state index in [2.05, 4.69) is 21.2 Å². The molecule has 1 aromatic carbocycles. The molecule has 1 aromatic heterocycles. The molecule has 4 heteroatoms. The van der Waals surface area contributed by atoms with E-state index in [1.807, 2.05) is 18.2 Å². The lowest BCUT2D eigenvalue weighted by atomic mass is 9.89. The van der Waals surface area contributed by atoms with Gasteiger partial charge in [0.15, 0.2) is 5.82 Å². The summed E-state index contributed by atoms with van der Waals surface area (Å²) in [6, 6.07) is 8.10. The highest BCUT2D eigenvalue weighted by atomic mass is 16.5. The van der Waals surface area contributed by atoms with E-state index < -0.39 is 0 Å². The van der Waals surface area contributed by atoms with Gasteiger partial charge in [-0.05, 0) is 30.5 Å². The number of nitrogens with zero attached hydrogens (tertiary/aromatic N) is 2. The third kappa shape index (κ3) is 3.00. The van der Waals surface area contributed by atoms with Crippen LogP contribution >= 0.6 is 0 Å². The Morgan fingerprint density at radius 2 is 2.10 bits per heavy atom. The third-order valence-corrected chi connectivity index (χ3v) is 4.03. The second-order valence-electron chi connectivity index (χ2n) is 5.50. The molecule has 0 atom stereocenters. The molecule has 0 amide bonds. The Bertz CT molecular complexity index is 558. The van der Waals surface area contributed by atoms with Gasteiger partial charge in [0.1, 0.15) is 11.6 Å². The highest BCUT2D eigenvalue weighted by Gasteiger charge is 2.19. The van der Waals surface area contributed by atoms with Gasteiger partial charge in [-0.15, -0.1) is 0 Å². The average molecular weight is 271 g/mol. The summed E-state index contributed by atoms with van der Waals surface area (Å²) < 4.78 is 5.25. The molecule has 1 heterocycles. The molecule has 0 bridgehead atoms. The maximum Gasteiger partial charge on any atom is 0.153 e. The molecule has 1 aliphatic carbocycles. The molecule has 2 aromatic rings. The number of hydrogen-bond donors (Lipinski definition) is 1. The fourth-order valence-corrected chi connectivity index (χ4v) is 2.91. The van der Waals surface area contributed by atoms with Crippen molar-refractivity contribution in [2.75, 3.05) is 7.11 Å². The second-order valence-corrected chi connectivity index (χ2v) is 5.50. The monoisotopic (exact) mass is 271 g/mol. The molecule has 0 saturated heterocycles. The number of aromatic amines is 1. The van der Waals surface area contributed by atoms with E-state index in [0.717, 1.165) is 23.8 Å². The van der Waals surface area contributed by atoms with Gasteiger partial charge in [-0.25, -0.2) is 4.98 Å². The summed E-state index contributed by atoms with van der Waals surface area (Å²) in [5.74, 6) is 3.38. The number of benzene rings is 1. The minimum absolute atomic E-state index is 0.555. The van der Waals surface area contributed by atoms with Crippen LogP contribution in [0.3, 0.4) is 0 Å². The largest absolute Gasteiger partial charge is 0.497 e.